The van der Waals surface area contributed by atoms with E-state index in [9.17, 15) is 9.59 Å². The summed E-state index contributed by atoms with van der Waals surface area (Å²) in [6, 6.07) is 5.48. The van der Waals surface area contributed by atoms with Crippen molar-refractivity contribution in [1.29, 1.82) is 0 Å². The van der Waals surface area contributed by atoms with Gasteiger partial charge in [-0.15, -0.1) is 0 Å². The molecule has 130 valence electrons. The Labute approximate surface area is 140 Å². The Kier molecular flexibility index (Phi) is 6.20. The van der Waals surface area contributed by atoms with Gasteiger partial charge in [0.2, 0.25) is 0 Å². The van der Waals surface area contributed by atoms with Crippen LogP contribution < -0.4 is 9.47 Å². The molecule has 2 rings (SSSR count). The monoisotopic (exact) mass is 335 g/mol. The summed E-state index contributed by atoms with van der Waals surface area (Å²) in [4.78, 5) is 25.6. The molecule has 24 heavy (non-hydrogen) atoms. The Morgan fingerprint density at radius 3 is 2.79 bits per heavy atom. The molecule has 1 amide bonds. The SMILES string of the molecule is C=COC(=O)CC1OCCN(Cc2ccc(OC)c(OC)c2)C1=O. The number of benzene rings is 1. The highest BCUT2D eigenvalue weighted by Crippen LogP contribution is 2.28. The lowest BCUT2D eigenvalue weighted by Crippen LogP contribution is -2.48. The minimum Gasteiger partial charge on any atom is -0.493 e. The first kappa shape index (κ1) is 17.8. The summed E-state index contributed by atoms with van der Waals surface area (Å²) in [6.45, 7) is 4.54. The van der Waals surface area contributed by atoms with Crippen molar-refractivity contribution < 1.29 is 28.5 Å². The molecule has 0 aromatic heterocycles. The van der Waals surface area contributed by atoms with Crippen LogP contribution in [-0.4, -0.2) is 50.3 Å². The lowest BCUT2D eigenvalue weighted by Gasteiger charge is -2.32. The number of methoxy groups -OCH3 is 2. The number of hydrogen-bond donors (Lipinski definition) is 0. The van der Waals surface area contributed by atoms with Crippen LogP contribution in [0.15, 0.2) is 31.0 Å². The zero-order chi connectivity index (χ0) is 17.5. The Morgan fingerprint density at radius 2 is 2.12 bits per heavy atom. The van der Waals surface area contributed by atoms with Gasteiger partial charge in [-0.1, -0.05) is 12.6 Å². The smallest absolute Gasteiger partial charge is 0.313 e. The molecule has 1 aromatic carbocycles. The van der Waals surface area contributed by atoms with Crippen molar-refractivity contribution >= 4 is 11.9 Å². The molecular formula is C17H21NO6. The molecular weight excluding hydrogens is 314 g/mol. The van der Waals surface area contributed by atoms with E-state index in [1.54, 1.807) is 25.2 Å². The minimum absolute atomic E-state index is 0.132. The number of carbonyl (C=O) groups excluding carboxylic acids is 2. The predicted molar refractivity (Wildman–Crippen MR) is 85.6 cm³/mol. The number of hydrogen-bond acceptors (Lipinski definition) is 6. The van der Waals surface area contributed by atoms with Crippen molar-refractivity contribution in [3.63, 3.8) is 0 Å². The van der Waals surface area contributed by atoms with Gasteiger partial charge in [0, 0.05) is 13.1 Å². The zero-order valence-electron chi connectivity index (χ0n) is 13.8. The number of ether oxygens (including phenoxy) is 4. The van der Waals surface area contributed by atoms with Gasteiger partial charge in [-0.05, 0) is 17.7 Å². The Morgan fingerprint density at radius 1 is 1.38 bits per heavy atom. The normalized spacial score (nSPS) is 17.3. The maximum absolute atomic E-state index is 12.5. The zero-order valence-corrected chi connectivity index (χ0v) is 13.8. The third-order valence-electron chi connectivity index (χ3n) is 3.66. The Hall–Kier alpha value is -2.54. The van der Waals surface area contributed by atoms with E-state index in [-0.39, 0.29) is 12.3 Å². The molecule has 1 unspecified atom stereocenters. The van der Waals surface area contributed by atoms with Crippen molar-refractivity contribution in [1.82, 2.24) is 4.90 Å². The molecule has 1 aliphatic heterocycles. The number of esters is 1. The highest BCUT2D eigenvalue weighted by molar-refractivity contribution is 5.86. The molecule has 0 spiro atoms. The molecule has 0 N–H and O–H groups in total. The molecule has 0 saturated carbocycles. The largest absolute Gasteiger partial charge is 0.493 e. The molecule has 1 aromatic rings. The van der Waals surface area contributed by atoms with E-state index in [2.05, 4.69) is 11.3 Å². The highest BCUT2D eigenvalue weighted by Gasteiger charge is 2.31. The summed E-state index contributed by atoms with van der Waals surface area (Å²) < 4.78 is 20.5. The Bertz CT molecular complexity index is 615. The van der Waals surface area contributed by atoms with Gasteiger partial charge in [0.15, 0.2) is 11.5 Å². The van der Waals surface area contributed by atoms with Gasteiger partial charge in [0.05, 0.1) is 33.5 Å². The second kappa shape index (κ2) is 8.35. The molecule has 1 fully saturated rings. The van der Waals surface area contributed by atoms with E-state index < -0.39 is 12.1 Å². The van der Waals surface area contributed by atoms with Crippen LogP contribution >= 0.6 is 0 Å². The summed E-state index contributed by atoms with van der Waals surface area (Å²) in [5.74, 6) is 0.440. The average Bonchev–Trinajstić information content (AvgIpc) is 2.58. The molecule has 0 bridgehead atoms. The van der Waals surface area contributed by atoms with Crippen LogP contribution in [0.5, 0.6) is 11.5 Å². The number of amides is 1. The number of nitrogens with zero attached hydrogens (tertiary/aromatic N) is 1. The molecule has 1 atom stereocenters. The second-order valence-electron chi connectivity index (χ2n) is 5.17. The first-order chi connectivity index (χ1) is 11.6. The van der Waals surface area contributed by atoms with E-state index in [1.165, 1.54) is 0 Å². The fourth-order valence-electron chi connectivity index (χ4n) is 2.49. The van der Waals surface area contributed by atoms with E-state index >= 15 is 0 Å². The standard InChI is InChI=1S/C17H21NO6/c1-4-23-16(19)10-15-17(20)18(7-8-24-15)11-12-5-6-13(21-2)14(9-12)22-3/h4-6,9,15H,1,7-8,10-11H2,2-3H3. The summed E-state index contributed by atoms with van der Waals surface area (Å²) in [7, 11) is 3.12. The first-order valence-corrected chi connectivity index (χ1v) is 7.50. The van der Waals surface area contributed by atoms with Crippen molar-refractivity contribution in [3.05, 3.63) is 36.6 Å². The second-order valence-corrected chi connectivity index (χ2v) is 5.17. The first-order valence-electron chi connectivity index (χ1n) is 7.50. The number of carbonyl (C=O) groups is 2. The molecule has 1 aliphatic rings. The van der Waals surface area contributed by atoms with Crippen LogP contribution in [0.1, 0.15) is 12.0 Å². The maximum atomic E-state index is 12.5. The predicted octanol–water partition coefficient (Wildman–Crippen LogP) is 1.51. The lowest BCUT2D eigenvalue weighted by molar-refractivity contribution is -0.160. The van der Waals surface area contributed by atoms with Gasteiger partial charge in [0.1, 0.15) is 6.10 Å². The summed E-state index contributed by atoms with van der Waals surface area (Å²) >= 11 is 0. The van der Waals surface area contributed by atoms with Crippen LogP contribution in [0.4, 0.5) is 0 Å². The Balaban J connectivity index is 2.05. The van der Waals surface area contributed by atoms with Crippen molar-refractivity contribution in [2.24, 2.45) is 0 Å². The third-order valence-corrected chi connectivity index (χ3v) is 3.66. The molecule has 1 heterocycles. The van der Waals surface area contributed by atoms with Crippen molar-refractivity contribution in [2.45, 2.75) is 19.1 Å². The highest BCUT2D eigenvalue weighted by atomic mass is 16.5. The van der Waals surface area contributed by atoms with E-state index in [1.807, 2.05) is 12.1 Å². The molecule has 0 radical (unpaired) electrons. The van der Waals surface area contributed by atoms with E-state index in [0.29, 0.717) is 31.2 Å². The maximum Gasteiger partial charge on any atom is 0.313 e. The van der Waals surface area contributed by atoms with E-state index in [4.69, 9.17) is 14.2 Å². The van der Waals surface area contributed by atoms with Crippen LogP contribution in [-0.2, 0) is 25.6 Å². The van der Waals surface area contributed by atoms with Crippen LogP contribution in [0.2, 0.25) is 0 Å². The summed E-state index contributed by atoms with van der Waals surface area (Å²) in [5.41, 5.74) is 0.898. The summed E-state index contributed by atoms with van der Waals surface area (Å²) in [6.07, 6.45) is 0.0796. The van der Waals surface area contributed by atoms with Gasteiger partial charge < -0.3 is 23.8 Å². The van der Waals surface area contributed by atoms with Crippen LogP contribution in [0, 0.1) is 0 Å². The van der Waals surface area contributed by atoms with Crippen LogP contribution in [0.3, 0.4) is 0 Å². The average molecular weight is 335 g/mol. The molecule has 7 heteroatoms. The third kappa shape index (κ3) is 4.26. The summed E-state index contributed by atoms with van der Waals surface area (Å²) in [5, 5.41) is 0. The fraction of sp³-hybridized carbons (Fsp3) is 0.412. The van der Waals surface area contributed by atoms with Gasteiger partial charge in [0.25, 0.3) is 5.91 Å². The van der Waals surface area contributed by atoms with Gasteiger partial charge >= 0.3 is 5.97 Å². The minimum atomic E-state index is -0.827. The van der Waals surface area contributed by atoms with Crippen LogP contribution in [0.25, 0.3) is 0 Å². The fourth-order valence-corrected chi connectivity index (χ4v) is 2.49. The molecule has 1 saturated heterocycles. The quantitative estimate of drug-likeness (QED) is 0.555. The van der Waals surface area contributed by atoms with Crippen molar-refractivity contribution in [3.8, 4) is 11.5 Å². The number of morpholine rings is 1. The topological polar surface area (TPSA) is 74.3 Å². The van der Waals surface area contributed by atoms with Gasteiger partial charge in [-0.25, -0.2) is 0 Å². The molecule has 7 nitrogen and oxygen atoms in total. The van der Waals surface area contributed by atoms with Gasteiger partial charge in [-0.3, -0.25) is 9.59 Å². The van der Waals surface area contributed by atoms with E-state index in [0.717, 1.165) is 11.8 Å². The lowest BCUT2D eigenvalue weighted by atomic mass is 10.1. The number of rotatable bonds is 7. The van der Waals surface area contributed by atoms with Crippen molar-refractivity contribution in [2.75, 3.05) is 27.4 Å². The molecule has 0 aliphatic carbocycles. The van der Waals surface area contributed by atoms with Gasteiger partial charge in [-0.2, -0.15) is 0 Å².